The molecular weight excluding hydrogens is 400 g/mol. The highest BCUT2D eigenvalue weighted by atomic mass is 35.5. The minimum atomic E-state index is -0.694. The van der Waals surface area contributed by atoms with Crippen LogP contribution in [0.5, 0.6) is 5.75 Å². The molecule has 3 rings (SSSR count). The first-order valence-corrected chi connectivity index (χ1v) is 9.92. The Kier molecular flexibility index (Phi) is 6.75. The molecule has 0 aliphatic heterocycles. The molecule has 0 fully saturated rings. The standard InChI is InChI=1S/C24H23ClN2O3/c1-15-7-11-19(12-8-15)26-23(28)17(3)30-20-13-9-18(10-14-20)24(29)27-22-6-4-5-21(25)16(22)2/h4-14,17H,1-3H3,(H,26,28)(H,27,29)/t17-/m1/s1. The second kappa shape index (κ2) is 9.46. The lowest BCUT2D eigenvalue weighted by molar-refractivity contribution is -0.122. The highest BCUT2D eigenvalue weighted by Gasteiger charge is 2.15. The molecule has 0 aliphatic rings. The van der Waals surface area contributed by atoms with Gasteiger partial charge in [0.25, 0.3) is 11.8 Å². The Morgan fingerprint density at radius 2 is 1.57 bits per heavy atom. The molecule has 3 aromatic carbocycles. The van der Waals surface area contributed by atoms with Gasteiger partial charge in [-0.3, -0.25) is 9.59 Å². The van der Waals surface area contributed by atoms with Gasteiger partial charge in [0.2, 0.25) is 0 Å². The van der Waals surface area contributed by atoms with Gasteiger partial charge >= 0.3 is 0 Å². The van der Waals surface area contributed by atoms with E-state index in [1.54, 1.807) is 49.4 Å². The third-order valence-corrected chi connectivity index (χ3v) is 5.04. The third kappa shape index (κ3) is 5.39. The lowest BCUT2D eigenvalue weighted by Crippen LogP contribution is -2.30. The molecule has 0 aromatic heterocycles. The summed E-state index contributed by atoms with van der Waals surface area (Å²) in [7, 11) is 0. The fourth-order valence-corrected chi connectivity index (χ4v) is 2.94. The average molecular weight is 423 g/mol. The molecule has 2 amide bonds. The van der Waals surface area contributed by atoms with E-state index in [2.05, 4.69) is 10.6 Å². The first-order chi connectivity index (χ1) is 14.3. The molecule has 0 spiro atoms. The van der Waals surface area contributed by atoms with Crippen molar-refractivity contribution in [3.8, 4) is 5.75 Å². The minimum Gasteiger partial charge on any atom is -0.481 e. The van der Waals surface area contributed by atoms with Crippen molar-refractivity contribution in [3.05, 3.63) is 88.4 Å². The number of halogens is 1. The number of rotatable bonds is 6. The zero-order valence-electron chi connectivity index (χ0n) is 17.0. The summed E-state index contributed by atoms with van der Waals surface area (Å²) in [5.41, 5.74) is 3.77. The molecule has 0 saturated carbocycles. The SMILES string of the molecule is Cc1ccc(NC(=O)[C@@H](C)Oc2ccc(C(=O)Nc3cccc(Cl)c3C)cc2)cc1. The van der Waals surface area contributed by atoms with E-state index in [1.165, 1.54) is 0 Å². The first kappa shape index (κ1) is 21.4. The Morgan fingerprint density at radius 1 is 0.900 bits per heavy atom. The Hall–Kier alpha value is -3.31. The second-order valence-corrected chi connectivity index (χ2v) is 7.41. The highest BCUT2D eigenvalue weighted by molar-refractivity contribution is 6.31. The summed E-state index contributed by atoms with van der Waals surface area (Å²) in [6, 6.07) is 19.5. The molecule has 1 atom stereocenters. The van der Waals surface area contributed by atoms with Gasteiger partial charge in [0.1, 0.15) is 5.75 Å². The van der Waals surface area contributed by atoms with Gasteiger partial charge in [-0.1, -0.05) is 35.4 Å². The Balaban J connectivity index is 1.59. The summed E-state index contributed by atoms with van der Waals surface area (Å²) >= 11 is 6.10. The maximum atomic E-state index is 12.5. The van der Waals surface area contributed by atoms with Crippen LogP contribution in [-0.4, -0.2) is 17.9 Å². The normalized spacial score (nSPS) is 11.5. The van der Waals surface area contributed by atoms with Crippen LogP contribution in [0.25, 0.3) is 0 Å². The highest BCUT2D eigenvalue weighted by Crippen LogP contribution is 2.24. The van der Waals surface area contributed by atoms with E-state index >= 15 is 0 Å². The predicted molar refractivity (Wildman–Crippen MR) is 120 cm³/mol. The Morgan fingerprint density at radius 3 is 2.23 bits per heavy atom. The van der Waals surface area contributed by atoms with E-state index in [1.807, 2.05) is 38.1 Å². The minimum absolute atomic E-state index is 0.253. The smallest absolute Gasteiger partial charge is 0.265 e. The van der Waals surface area contributed by atoms with Crippen LogP contribution in [0.2, 0.25) is 5.02 Å². The van der Waals surface area contributed by atoms with Crippen LogP contribution in [0.1, 0.15) is 28.4 Å². The number of hydrogen-bond acceptors (Lipinski definition) is 3. The lowest BCUT2D eigenvalue weighted by atomic mass is 10.1. The van der Waals surface area contributed by atoms with Gasteiger partial charge in [-0.05, 0) is 74.9 Å². The number of ether oxygens (including phenoxy) is 1. The Labute approximate surface area is 181 Å². The number of benzene rings is 3. The third-order valence-electron chi connectivity index (χ3n) is 4.63. The largest absolute Gasteiger partial charge is 0.481 e. The second-order valence-electron chi connectivity index (χ2n) is 7.01. The molecule has 154 valence electrons. The molecule has 0 heterocycles. The summed E-state index contributed by atoms with van der Waals surface area (Å²) in [5, 5.41) is 6.26. The lowest BCUT2D eigenvalue weighted by Gasteiger charge is -2.15. The molecule has 6 heteroatoms. The molecule has 0 unspecified atom stereocenters. The molecule has 0 aliphatic carbocycles. The molecule has 0 saturated heterocycles. The summed E-state index contributed by atoms with van der Waals surface area (Å²) in [6.07, 6.45) is -0.694. The van der Waals surface area contributed by atoms with E-state index in [4.69, 9.17) is 16.3 Å². The first-order valence-electron chi connectivity index (χ1n) is 9.54. The fraction of sp³-hybridized carbons (Fsp3) is 0.167. The van der Waals surface area contributed by atoms with E-state index < -0.39 is 6.10 Å². The monoisotopic (exact) mass is 422 g/mol. The van der Waals surface area contributed by atoms with Gasteiger partial charge in [0.05, 0.1) is 0 Å². The van der Waals surface area contributed by atoms with E-state index in [-0.39, 0.29) is 11.8 Å². The molecule has 3 aromatic rings. The van der Waals surface area contributed by atoms with Crippen LogP contribution in [0.4, 0.5) is 11.4 Å². The number of amides is 2. The van der Waals surface area contributed by atoms with Gasteiger partial charge in [-0.25, -0.2) is 0 Å². The van der Waals surface area contributed by atoms with Crippen LogP contribution < -0.4 is 15.4 Å². The van der Waals surface area contributed by atoms with Crippen LogP contribution in [-0.2, 0) is 4.79 Å². The van der Waals surface area contributed by atoms with Crippen molar-refractivity contribution >= 4 is 34.8 Å². The fourth-order valence-electron chi connectivity index (χ4n) is 2.76. The van der Waals surface area contributed by atoms with Crippen LogP contribution >= 0.6 is 11.6 Å². The van der Waals surface area contributed by atoms with E-state index in [9.17, 15) is 9.59 Å². The summed E-state index contributed by atoms with van der Waals surface area (Å²) in [4.78, 5) is 24.8. The van der Waals surface area contributed by atoms with Crippen molar-refractivity contribution < 1.29 is 14.3 Å². The zero-order chi connectivity index (χ0) is 21.7. The zero-order valence-corrected chi connectivity index (χ0v) is 17.8. The summed E-state index contributed by atoms with van der Waals surface area (Å²) in [5.74, 6) is -0.00812. The van der Waals surface area contributed by atoms with Gasteiger partial charge < -0.3 is 15.4 Å². The number of carbonyl (C=O) groups excluding carboxylic acids is 2. The number of carbonyl (C=O) groups is 2. The maximum Gasteiger partial charge on any atom is 0.265 e. The molecule has 30 heavy (non-hydrogen) atoms. The average Bonchev–Trinajstić information content (AvgIpc) is 2.73. The van der Waals surface area contributed by atoms with Crippen molar-refractivity contribution in [1.29, 1.82) is 0 Å². The summed E-state index contributed by atoms with van der Waals surface area (Å²) in [6.45, 7) is 5.50. The van der Waals surface area contributed by atoms with E-state index in [0.29, 0.717) is 27.7 Å². The molecular formula is C24H23ClN2O3. The van der Waals surface area contributed by atoms with Gasteiger partial charge in [0.15, 0.2) is 6.10 Å². The van der Waals surface area contributed by atoms with Crippen molar-refractivity contribution in [2.75, 3.05) is 10.6 Å². The predicted octanol–water partition coefficient (Wildman–Crippen LogP) is 5.62. The quantitative estimate of drug-likeness (QED) is 0.542. The van der Waals surface area contributed by atoms with Gasteiger partial charge in [0, 0.05) is 22.0 Å². The van der Waals surface area contributed by atoms with Crippen LogP contribution in [0.3, 0.4) is 0 Å². The molecule has 5 nitrogen and oxygen atoms in total. The Bertz CT molecular complexity index is 1050. The molecule has 0 radical (unpaired) electrons. The topological polar surface area (TPSA) is 67.4 Å². The van der Waals surface area contributed by atoms with Crippen molar-refractivity contribution in [2.45, 2.75) is 26.9 Å². The number of nitrogens with one attached hydrogen (secondary N) is 2. The van der Waals surface area contributed by atoms with Gasteiger partial charge in [-0.15, -0.1) is 0 Å². The molecule has 2 N–H and O–H groups in total. The number of aryl methyl sites for hydroxylation is 1. The van der Waals surface area contributed by atoms with Crippen LogP contribution in [0, 0.1) is 13.8 Å². The van der Waals surface area contributed by atoms with Crippen molar-refractivity contribution in [3.63, 3.8) is 0 Å². The molecule has 0 bridgehead atoms. The van der Waals surface area contributed by atoms with E-state index in [0.717, 1.165) is 11.1 Å². The maximum absolute atomic E-state index is 12.5. The van der Waals surface area contributed by atoms with Crippen molar-refractivity contribution in [2.24, 2.45) is 0 Å². The van der Waals surface area contributed by atoms with Crippen LogP contribution in [0.15, 0.2) is 66.7 Å². The van der Waals surface area contributed by atoms with Crippen molar-refractivity contribution in [1.82, 2.24) is 0 Å². The van der Waals surface area contributed by atoms with Gasteiger partial charge in [-0.2, -0.15) is 0 Å². The number of hydrogen-bond donors (Lipinski definition) is 2. The number of anilines is 2. The summed E-state index contributed by atoms with van der Waals surface area (Å²) < 4.78 is 5.70.